The molecule has 1 aliphatic heterocycles. The van der Waals surface area contributed by atoms with Crippen LogP contribution in [0.2, 0.25) is 0 Å². The molecule has 2 unspecified atom stereocenters. The van der Waals surface area contributed by atoms with Crippen molar-refractivity contribution < 1.29 is 4.79 Å². The van der Waals surface area contributed by atoms with Gasteiger partial charge < -0.3 is 5.32 Å². The Hall–Kier alpha value is -1.08. The molecule has 0 aromatic rings. The number of hydrogen-bond donors (Lipinski definition) is 1. The van der Waals surface area contributed by atoms with E-state index >= 15 is 0 Å². The zero-order chi connectivity index (χ0) is 12.3. The lowest BCUT2D eigenvalue weighted by Crippen LogP contribution is -2.48. The molecule has 2 aliphatic rings. The van der Waals surface area contributed by atoms with E-state index in [0.717, 1.165) is 13.0 Å². The highest BCUT2D eigenvalue weighted by atomic mass is 16.2. The summed E-state index contributed by atoms with van der Waals surface area (Å²) >= 11 is 0. The summed E-state index contributed by atoms with van der Waals surface area (Å²) in [6.45, 7) is 2.98. The largest absolute Gasteiger partial charge is 0.352 e. The zero-order valence-corrected chi connectivity index (χ0v) is 10.5. The molecule has 1 aliphatic carbocycles. The minimum Gasteiger partial charge on any atom is -0.352 e. The Bertz CT molecular complexity index is 317. The third kappa shape index (κ3) is 2.78. The van der Waals surface area contributed by atoms with Crippen LogP contribution in [0, 0.1) is 11.3 Å². The maximum atomic E-state index is 12.1. The summed E-state index contributed by atoms with van der Waals surface area (Å²) in [7, 11) is 0. The van der Waals surface area contributed by atoms with Gasteiger partial charge in [-0.2, -0.15) is 5.26 Å². The van der Waals surface area contributed by atoms with Crippen molar-refractivity contribution in [1.82, 2.24) is 10.2 Å². The average Bonchev–Trinajstić information content (AvgIpc) is 2.77. The molecule has 4 heteroatoms. The van der Waals surface area contributed by atoms with E-state index in [4.69, 9.17) is 5.26 Å². The van der Waals surface area contributed by atoms with Crippen molar-refractivity contribution in [3.63, 3.8) is 0 Å². The quantitative estimate of drug-likeness (QED) is 0.787. The first-order valence-electron chi connectivity index (χ1n) is 6.65. The van der Waals surface area contributed by atoms with Crippen molar-refractivity contribution in [1.29, 1.82) is 5.26 Å². The van der Waals surface area contributed by atoms with Gasteiger partial charge in [-0.05, 0) is 26.2 Å². The Morgan fingerprint density at radius 3 is 2.76 bits per heavy atom. The molecule has 1 N–H and O–H groups in total. The van der Waals surface area contributed by atoms with Gasteiger partial charge in [0.05, 0.1) is 12.5 Å². The Morgan fingerprint density at radius 2 is 2.12 bits per heavy atom. The Labute approximate surface area is 103 Å². The van der Waals surface area contributed by atoms with Crippen LogP contribution in [0.3, 0.4) is 0 Å². The summed E-state index contributed by atoms with van der Waals surface area (Å²) in [5.41, 5.74) is 0. The monoisotopic (exact) mass is 235 g/mol. The van der Waals surface area contributed by atoms with Crippen LogP contribution in [-0.4, -0.2) is 35.5 Å². The van der Waals surface area contributed by atoms with Crippen LogP contribution in [0.4, 0.5) is 0 Å². The minimum atomic E-state index is -0.229. The maximum Gasteiger partial charge on any atom is 0.238 e. The van der Waals surface area contributed by atoms with E-state index in [1.165, 1.54) is 25.7 Å². The first-order valence-corrected chi connectivity index (χ1v) is 6.65. The fourth-order valence-electron chi connectivity index (χ4n) is 3.03. The summed E-state index contributed by atoms with van der Waals surface area (Å²) < 4.78 is 0. The molecular weight excluding hydrogens is 214 g/mol. The first-order chi connectivity index (χ1) is 8.22. The summed E-state index contributed by atoms with van der Waals surface area (Å²) in [5, 5.41) is 11.9. The van der Waals surface area contributed by atoms with Crippen LogP contribution in [-0.2, 0) is 4.79 Å². The van der Waals surface area contributed by atoms with Crippen LogP contribution < -0.4 is 5.32 Å². The number of nitriles is 1. The van der Waals surface area contributed by atoms with Crippen molar-refractivity contribution in [2.75, 3.05) is 6.54 Å². The predicted octanol–water partition coefficient (Wildman–Crippen LogP) is 1.42. The number of carbonyl (C=O) groups excluding carboxylic acids is 1. The van der Waals surface area contributed by atoms with Crippen molar-refractivity contribution >= 4 is 5.91 Å². The van der Waals surface area contributed by atoms with Gasteiger partial charge in [-0.15, -0.1) is 0 Å². The highest BCUT2D eigenvalue weighted by Crippen LogP contribution is 2.27. The van der Waals surface area contributed by atoms with E-state index in [9.17, 15) is 4.79 Å². The standard InChI is InChI=1S/C13H21N3O/c1-10-7-9-16(11-4-2-3-5-11)12(6-8-14)13(17)15-10/h10-12H,2-7,9H2,1H3,(H,15,17). The normalized spacial score (nSPS) is 31.9. The molecule has 17 heavy (non-hydrogen) atoms. The topological polar surface area (TPSA) is 56.1 Å². The van der Waals surface area contributed by atoms with Gasteiger partial charge in [0.2, 0.25) is 5.91 Å². The molecule has 94 valence electrons. The van der Waals surface area contributed by atoms with Gasteiger partial charge in [-0.1, -0.05) is 12.8 Å². The van der Waals surface area contributed by atoms with Crippen LogP contribution >= 0.6 is 0 Å². The number of carbonyl (C=O) groups is 1. The highest BCUT2D eigenvalue weighted by molar-refractivity contribution is 5.82. The number of hydrogen-bond acceptors (Lipinski definition) is 3. The van der Waals surface area contributed by atoms with Crippen LogP contribution in [0.5, 0.6) is 0 Å². The molecule has 1 saturated heterocycles. The van der Waals surface area contributed by atoms with Gasteiger partial charge in [0.15, 0.2) is 0 Å². The van der Waals surface area contributed by atoms with Gasteiger partial charge in [0.1, 0.15) is 6.04 Å². The summed E-state index contributed by atoms with van der Waals surface area (Å²) in [4.78, 5) is 14.4. The van der Waals surface area contributed by atoms with E-state index < -0.39 is 0 Å². The summed E-state index contributed by atoms with van der Waals surface area (Å²) in [6.07, 6.45) is 6.20. The van der Waals surface area contributed by atoms with E-state index in [-0.39, 0.29) is 18.0 Å². The molecule has 4 nitrogen and oxygen atoms in total. The van der Waals surface area contributed by atoms with Gasteiger partial charge in [0, 0.05) is 18.6 Å². The van der Waals surface area contributed by atoms with Crippen LogP contribution in [0.15, 0.2) is 0 Å². The Kier molecular flexibility index (Phi) is 4.01. The lowest BCUT2D eigenvalue weighted by molar-refractivity contribution is -0.126. The predicted molar refractivity (Wildman–Crippen MR) is 65.2 cm³/mol. The molecule has 0 aromatic heterocycles. The van der Waals surface area contributed by atoms with Crippen molar-refractivity contribution in [2.24, 2.45) is 0 Å². The van der Waals surface area contributed by atoms with Gasteiger partial charge in [-0.25, -0.2) is 0 Å². The smallest absolute Gasteiger partial charge is 0.238 e. The molecule has 2 atom stereocenters. The molecule has 1 amide bonds. The number of nitrogens with one attached hydrogen (secondary N) is 1. The number of amides is 1. The third-order valence-corrected chi connectivity index (χ3v) is 3.99. The number of rotatable bonds is 2. The zero-order valence-electron chi connectivity index (χ0n) is 10.5. The fourth-order valence-corrected chi connectivity index (χ4v) is 3.03. The van der Waals surface area contributed by atoms with Crippen LogP contribution in [0.1, 0.15) is 45.4 Å². The van der Waals surface area contributed by atoms with Gasteiger partial charge >= 0.3 is 0 Å². The highest BCUT2D eigenvalue weighted by Gasteiger charge is 2.35. The van der Waals surface area contributed by atoms with Gasteiger partial charge in [0.25, 0.3) is 0 Å². The molecule has 0 spiro atoms. The van der Waals surface area contributed by atoms with E-state index in [2.05, 4.69) is 16.3 Å². The van der Waals surface area contributed by atoms with E-state index in [1.54, 1.807) is 0 Å². The summed E-state index contributed by atoms with van der Waals surface area (Å²) in [6, 6.07) is 2.68. The SMILES string of the molecule is CC1CCN(C2CCCC2)C(CC#N)C(=O)N1. The molecule has 2 rings (SSSR count). The number of nitrogens with zero attached hydrogens (tertiary/aromatic N) is 2. The van der Waals surface area contributed by atoms with Crippen LogP contribution in [0.25, 0.3) is 0 Å². The molecule has 1 saturated carbocycles. The Balaban J connectivity index is 2.13. The van der Waals surface area contributed by atoms with Crippen molar-refractivity contribution in [3.05, 3.63) is 0 Å². The average molecular weight is 235 g/mol. The van der Waals surface area contributed by atoms with E-state index in [1.807, 2.05) is 6.92 Å². The summed E-state index contributed by atoms with van der Waals surface area (Å²) in [5.74, 6) is 0.0449. The minimum absolute atomic E-state index is 0.0449. The lowest BCUT2D eigenvalue weighted by Gasteiger charge is -2.32. The lowest BCUT2D eigenvalue weighted by atomic mass is 10.1. The van der Waals surface area contributed by atoms with Crippen molar-refractivity contribution in [3.8, 4) is 6.07 Å². The molecule has 2 fully saturated rings. The Morgan fingerprint density at radius 1 is 1.41 bits per heavy atom. The van der Waals surface area contributed by atoms with E-state index in [0.29, 0.717) is 12.5 Å². The molecule has 1 heterocycles. The second-order valence-corrected chi connectivity index (χ2v) is 5.25. The molecule has 0 aromatic carbocycles. The second-order valence-electron chi connectivity index (χ2n) is 5.25. The third-order valence-electron chi connectivity index (χ3n) is 3.99. The maximum absolute atomic E-state index is 12.1. The first kappa shape index (κ1) is 12.4. The van der Waals surface area contributed by atoms with Gasteiger partial charge in [-0.3, -0.25) is 9.69 Å². The van der Waals surface area contributed by atoms with Crippen molar-refractivity contribution in [2.45, 2.75) is 63.6 Å². The molecule has 0 bridgehead atoms. The second kappa shape index (κ2) is 5.50. The molecule has 0 radical (unpaired) electrons. The molecular formula is C13H21N3O. The fraction of sp³-hybridized carbons (Fsp3) is 0.846.